The molecule has 2 aromatic carbocycles. The Morgan fingerprint density at radius 3 is 2.43 bits per heavy atom. The van der Waals surface area contributed by atoms with Gasteiger partial charge in [-0.2, -0.15) is 4.98 Å². The number of hydrogen-bond donors (Lipinski definition) is 1. The van der Waals surface area contributed by atoms with Crippen molar-refractivity contribution in [1.29, 1.82) is 0 Å². The molecule has 30 heavy (non-hydrogen) atoms. The second kappa shape index (κ2) is 8.87. The Kier molecular flexibility index (Phi) is 5.85. The van der Waals surface area contributed by atoms with E-state index in [4.69, 9.17) is 0 Å². The van der Waals surface area contributed by atoms with Crippen molar-refractivity contribution in [2.45, 2.75) is 19.6 Å². The van der Waals surface area contributed by atoms with E-state index < -0.39 is 0 Å². The van der Waals surface area contributed by atoms with E-state index in [1.165, 1.54) is 22.2 Å². The van der Waals surface area contributed by atoms with Crippen molar-refractivity contribution >= 4 is 32.7 Å². The van der Waals surface area contributed by atoms with Gasteiger partial charge in [0.05, 0.1) is 0 Å². The minimum absolute atomic E-state index is 0.0817. The van der Waals surface area contributed by atoms with Crippen LogP contribution < -0.4 is 15.8 Å². The number of anilines is 1. The highest BCUT2D eigenvalue weighted by molar-refractivity contribution is 7.22. The first-order valence-electron chi connectivity index (χ1n) is 9.52. The monoisotopic (exact) mass is 419 g/mol. The lowest BCUT2D eigenvalue weighted by atomic mass is 10.2. The number of fused-ring (bicyclic) bond motifs is 1. The number of nitrogens with zero attached hydrogens (tertiary/aromatic N) is 4. The largest absolute Gasteiger partial charge is 0.350 e. The summed E-state index contributed by atoms with van der Waals surface area (Å²) in [6.45, 7) is 1.01. The zero-order valence-electron chi connectivity index (χ0n) is 16.5. The van der Waals surface area contributed by atoms with Crippen LogP contribution in [0.2, 0.25) is 0 Å². The molecule has 0 aliphatic rings. The van der Waals surface area contributed by atoms with Crippen molar-refractivity contribution in [2.75, 3.05) is 11.9 Å². The van der Waals surface area contributed by atoms with Crippen LogP contribution in [0.4, 0.5) is 5.13 Å². The summed E-state index contributed by atoms with van der Waals surface area (Å²) >= 11 is 1.29. The first-order chi connectivity index (χ1) is 14.6. The lowest BCUT2D eigenvalue weighted by molar-refractivity contribution is -0.121. The number of rotatable bonds is 7. The highest BCUT2D eigenvalue weighted by Crippen LogP contribution is 2.25. The zero-order chi connectivity index (χ0) is 20.9. The van der Waals surface area contributed by atoms with Crippen molar-refractivity contribution in [1.82, 2.24) is 19.9 Å². The summed E-state index contributed by atoms with van der Waals surface area (Å²) < 4.78 is 1.77. The summed E-state index contributed by atoms with van der Waals surface area (Å²) in [6.07, 6.45) is 1.38. The van der Waals surface area contributed by atoms with Crippen LogP contribution in [-0.4, -0.2) is 27.5 Å². The zero-order valence-corrected chi connectivity index (χ0v) is 17.3. The molecule has 2 heterocycles. The van der Waals surface area contributed by atoms with E-state index in [9.17, 15) is 9.59 Å². The topological polar surface area (TPSA) is 80.1 Å². The Balaban J connectivity index is 1.47. The summed E-state index contributed by atoms with van der Waals surface area (Å²) in [5.41, 5.74) is 2.30. The normalized spacial score (nSPS) is 10.8. The van der Waals surface area contributed by atoms with Gasteiger partial charge in [-0.05, 0) is 11.1 Å². The van der Waals surface area contributed by atoms with Crippen LogP contribution in [0.15, 0.2) is 71.8 Å². The van der Waals surface area contributed by atoms with Gasteiger partial charge in [-0.15, -0.1) is 0 Å². The lowest BCUT2D eigenvalue weighted by Gasteiger charge is -2.15. The van der Waals surface area contributed by atoms with Gasteiger partial charge in [-0.1, -0.05) is 72.0 Å². The number of thiazole rings is 1. The summed E-state index contributed by atoms with van der Waals surface area (Å²) in [5.74, 6) is -0.243. The number of benzene rings is 2. The third kappa shape index (κ3) is 4.55. The van der Waals surface area contributed by atoms with E-state index in [2.05, 4.69) is 15.3 Å². The Morgan fingerprint density at radius 2 is 1.73 bits per heavy atom. The van der Waals surface area contributed by atoms with Crippen LogP contribution in [0.1, 0.15) is 11.1 Å². The molecular weight excluding hydrogens is 398 g/mol. The summed E-state index contributed by atoms with van der Waals surface area (Å²) in [5, 5.41) is 3.54. The first-order valence-corrected chi connectivity index (χ1v) is 10.3. The van der Waals surface area contributed by atoms with Gasteiger partial charge in [0.1, 0.15) is 17.6 Å². The smallest absolute Gasteiger partial charge is 0.273 e. The van der Waals surface area contributed by atoms with Crippen LogP contribution in [0.25, 0.3) is 10.3 Å². The molecule has 0 aliphatic carbocycles. The molecule has 0 bridgehead atoms. The van der Waals surface area contributed by atoms with E-state index in [0.717, 1.165) is 11.1 Å². The molecule has 0 aliphatic heterocycles. The first kappa shape index (κ1) is 19.8. The van der Waals surface area contributed by atoms with Gasteiger partial charge in [-0.25, -0.2) is 4.98 Å². The molecule has 4 aromatic rings. The van der Waals surface area contributed by atoms with E-state index >= 15 is 0 Å². The van der Waals surface area contributed by atoms with E-state index in [-0.39, 0.29) is 18.0 Å². The molecule has 1 N–H and O–H groups in total. The maximum atomic E-state index is 12.8. The molecule has 0 radical (unpaired) electrons. The minimum Gasteiger partial charge on any atom is -0.350 e. The highest BCUT2D eigenvalue weighted by Gasteiger charge is 2.15. The molecule has 0 saturated heterocycles. The minimum atomic E-state index is -0.258. The Hall–Kier alpha value is -3.52. The van der Waals surface area contributed by atoms with Gasteiger partial charge < -0.3 is 10.2 Å². The van der Waals surface area contributed by atoms with Gasteiger partial charge in [0, 0.05) is 20.1 Å². The number of carbonyl (C=O) groups excluding carboxylic acids is 1. The standard InChI is InChI=1S/C22H21N5O2S/c1-26(13-17-10-6-3-7-11-17)22-25-20-19(30-22)21(29)27(15-24-20)14-18(28)23-12-16-8-4-2-5-9-16/h2-11,15H,12-14H2,1H3,(H,23,28). The Bertz CT molecular complexity index is 1200. The van der Waals surface area contributed by atoms with Crippen molar-refractivity contribution in [3.05, 3.63) is 88.5 Å². The van der Waals surface area contributed by atoms with Gasteiger partial charge >= 0.3 is 0 Å². The van der Waals surface area contributed by atoms with Crippen LogP contribution in [-0.2, 0) is 24.4 Å². The summed E-state index contributed by atoms with van der Waals surface area (Å²) in [4.78, 5) is 35.8. The molecule has 7 nitrogen and oxygen atoms in total. The predicted octanol–water partition coefficient (Wildman–Crippen LogP) is 2.81. The average molecular weight is 420 g/mol. The average Bonchev–Trinajstić information content (AvgIpc) is 3.21. The molecule has 0 unspecified atom stereocenters. The fourth-order valence-corrected chi connectivity index (χ4v) is 3.97. The number of carbonyl (C=O) groups is 1. The highest BCUT2D eigenvalue weighted by atomic mass is 32.1. The van der Waals surface area contributed by atoms with Crippen LogP contribution >= 0.6 is 11.3 Å². The summed E-state index contributed by atoms with van der Waals surface area (Å²) in [7, 11) is 1.93. The number of nitrogens with one attached hydrogen (secondary N) is 1. The second-order valence-corrected chi connectivity index (χ2v) is 7.91. The molecule has 152 valence electrons. The molecule has 2 aromatic heterocycles. The number of aromatic nitrogens is 3. The fraction of sp³-hybridized carbons (Fsp3) is 0.182. The Labute approximate surface area is 177 Å². The summed E-state index contributed by atoms with van der Waals surface area (Å²) in [6, 6.07) is 19.7. The third-order valence-electron chi connectivity index (χ3n) is 4.61. The van der Waals surface area contributed by atoms with E-state index in [1.807, 2.05) is 72.6 Å². The molecule has 0 saturated carbocycles. The quantitative estimate of drug-likeness (QED) is 0.498. The van der Waals surface area contributed by atoms with Crippen molar-refractivity contribution < 1.29 is 4.79 Å². The molecule has 0 fully saturated rings. The van der Waals surface area contributed by atoms with E-state index in [1.54, 1.807) is 0 Å². The van der Waals surface area contributed by atoms with Gasteiger partial charge in [0.15, 0.2) is 10.8 Å². The van der Waals surface area contributed by atoms with Crippen LogP contribution in [0.5, 0.6) is 0 Å². The number of hydrogen-bond acceptors (Lipinski definition) is 6. The van der Waals surface area contributed by atoms with Crippen molar-refractivity contribution in [3.63, 3.8) is 0 Å². The van der Waals surface area contributed by atoms with Gasteiger partial charge in [0.25, 0.3) is 5.56 Å². The van der Waals surface area contributed by atoms with Gasteiger partial charge in [-0.3, -0.25) is 14.2 Å². The molecule has 4 rings (SSSR count). The Morgan fingerprint density at radius 1 is 1.07 bits per heavy atom. The molecular formula is C22H21N5O2S. The molecule has 1 amide bonds. The maximum absolute atomic E-state index is 12.8. The predicted molar refractivity (Wildman–Crippen MR) is 119 cm³/mol. The van der Waals surface area contributed by atoms with Crippen molar-refractivity contribution in [2.24, 2.45) is 0 Å². The van der Waals surface area contributed by atoms with Crippen LogP contribution in [0.3, 0.4) is 0 Å². The maximum Gasteiger partial charge on any atom is 0.273 e. The second-order valence-electron chi connectivity index (χ2n) is 6.93. The molecule has 8 heteroatoms. The van der Waals surface area contributed by atoms with Crippen molar-refractivity contribution in [3.8, 4) is 0 Å². The van der Waals surface area contributed by atoms with Gasteiger partial charge in [0.2, 0.25) is 5.91 Å². The fourth-order valence-electron chi connectivity index (χ4n) is 3.04. The lowest BCUT2D eigenvalue weighted by Crippen LogP contribution is -2.31. The van der Waals surface area contributed by atoms with E-state index in [0.29, 0.717) is 28.6 Å². The van der Waals surface area contributed by atoms with Crippen LogP contribution in [0, 0.1) is 0 Å². The molecule has 0 spiro atoms. The third-order valence-corrected chi connectivity index (χ3v) is 5.75. The SMILES string of the molecule is CN(Cc1ccccc1)c1nc2ncn(CC(=O)NCc3ccccc3)c(=O)c2s1. The number of amides is 1. The molecule has 0 atom stereocenters.